The van der Waals surface area contributed by atoms with Crippen molar-refractivity contribution >= 4 is 5.97 Å². The van der Waals surface area contributed by atoms with Crippen molar-refractivity contribution in [1.82, 2.24) is 0 Å². The Hall–Kier alpha value is -1.05. The Morgan fingerprint density at radius 3 is 2.35 bits per heavy atom. The zero-order valence-electron chi connectivity index (χ0n) is 11.3. The molecule has 0 amide bonds. The third kappa shape index (κ3) is 12.9. The molecule has 0 aliphatic rings. The van der Waals surface area contributed by atoms with Gasteiger partial charge in [-0.05, 0) is 12.8 Å². The van der Waals surface area contributed by atoms with E-state index in [0.717, 1.165) is 6.42 Å². The summed E-state index contributed by atoms with van der Waals surface area (Å²) in [7, 11) is 1.41. The van der Waals surface area contributed by atoms with Gasteiger partial charge in [0.25, 0.3) is 0 Å². The number of rotatable bonds is 10. The first-order valence-corrected chi connectivity index (χ1v) is 6.69. The van der Waals surface area contributed by atoms with Crippen LogP contribution in [0.2, 0.25) is 0 Å². The van der Waals surface area contributed by atoms with Crippen LogP contribution in [-0.2, 0) is 9.53 Å². The van der Waals surface area contributed by atoms with Gasteiger partial charge in [0.2, 0.25) is 0 Å². The van der Waals surface area contributed by atoms with Gasteiger partial charge in [0.05, 0.1) is 13.5 Å². The molecule has 0 unspecified atom stereocenters. The lowest BCUT2D eigenvalue weighted by molar-refractivity contribution is -0.139. The van der Waals surface area contributed by atoms with Crippen molar-refractivity contribution in [1.29, 1.82) is 0 Å². The molecule has 98 valence electrons. The highest BCUT2D eigenvalue weighted by molar-refractivity contribution is 5.70. The second-order valence-corrected chi connectivity index (χ2v) is 4.19. The molecular formula is C15H26O2. The van der Waals surface area contributed by atoms with Crippen molar-refractivity contribution in [2.45, 2.75) is 58.3 Å². The number of carbonyl (C=O) groups is 1. The molecule has 0 saturated heterocycles. The summed E-state index contributed by atoms with van der Waals surface area (Å²) in [6, 6.07) is 0. The first-order chi connectivity index (χ1) is 8.31. The summed E-state index contributed by atoms with van der Waals surface area (Å²) in [5.74, 6) is -0.189. The van der Waals surface area contributed by atoms with Crippen LogP contribution < -0.4 is 0 Å². The van der Waals surface area contributed by atoms with Gasteiger partial charge in [-0.1, -0.05) is 63.3 Å². The number of hydrogen-bond donors (Lipinski definition) is 0. The van der Waals surface area contributed by atoms with E-state index >= 15 is 0 Å². The van der Waals surface area contributed by atoms with Crippen molar-refractivity contribution in [2.75, 3.05) is 7.11 Å². The molecule has 0 bridgehead atoms. The number of ether oxygens (including phenoxy) is 1. The van der Waals surface area contributed by atoms with Crippen LogP contribution in [0.3, 0.4) is 0 Å². The zero-order chi connectivity index (χ0) is 12.8. The van der Waals surface area contributed by atoms with Gasteiger partial charge in [-0.3, -0.25) is 4.79 Å². The maximum absolute atomic E-state index is 10.8. The molecule has 0 heterocycles. The molecule has 2 nitrogen and oxygen atoms in total. The smallest absolute Gasteiger partial charge is 0.309 e. The van der Waals surface area contributed by atoms with E-state index in [0.29, 0.717) is 6.42 Å². The second kappa shape index (κ2) is 13.0. The highest BCUT2D eigenvalue weighted by atomic mass is 16.5. The summed E-state index contributed by atoms with van der Waals surface area (Å²) in [5.41, 5.74) is 0. The molecule has 17 heavy (non-hydrogen) atoms. The lowest BCUT2D eigenvalue weighted by Gasteiger charge is -1.97. The Morgan fingerprint density at radius 1 is 1.00 bits per heavy atom. The molecule has 0 aromatic heterocycles. The van der Waals surface area contributed by atoms with Gasteiger partial charge in [0, 0.05) is 0 Å². The normalized spacial score (nSPS) is 11.4. The van der Waals surface area contributed by atoms with Gasteiger partial charge in [0.1, 0.15) is 0 Å². The quantitative estimate of drug-likeness (QED) is 0.320. The number of hydrogen-bond acceptors (Lipinski definition) is 2. The fraction of sp³-hybridized carbons (Fsp3) is 0.667. The number of unbranched alkanes of at least 4 members (excludes halogenated alkanes) is 6. The Labute approximate surface area is 106 Å². The first-order valence-electron chi connectivity index (χ1n) is 6.69. The average molecular weight is 238 g/mol. The number of carbonyl (C=O) groups excluding carboxylic acids is 1. The highest BCUT2D eigenvalue weighted by Gasteiger charge is 1.92. The van der Waals surface area contributed by atoms with E-state index < -0.39 is 0 Å². The van der Waals surface area contributed by atoms with Crippen LogP contribution in [0.4, 0.5) is 0 Å². The largest absolute Gasteiger partial charge is 0.469 e. The number of allylic oxidation sites excluding steroid dienone is 3. The van der Waals surface area contributed by atoms with Crippen LogP contribution >= 0.6 is 0 Å². The van der Waals surface area contributed by atoms with Crippen molar-refractivity contribution < 1.29 is 9.53 Å². The second-order valence-electron chi connectivity index (χ2n) is 4.19. The molecule has 0 rings (SSSR count). The van der Waals surface area contributed by atoms with E-state index in [9.17, 15) is 4.79 Å². The van der Waals surface area contributed by atoms with Crippen LogP contribution in [0, 0.1) is 0 Å². The van der Waals surface area contributed by atoms with Gasteiger partial charge < -0.3 is 4.74 Å². The third-order valence-corrected chi connectivity index (χ3v) is 2.62. The summed E-state index contributed by atoms with van der Waals surface area (Å²) in [6.45, 7) is 2.24. The van der Waals surface area contributed by atoms with Gasteiger partial charge in [-0.25, -0.2) is 0 Å². The van der Waals surface area contributed by atoms with E-state index in [1.54, 1.807) is 0 Å². The molecule has 0 aromatic carbocycles. The van der Waals surface area contributed by atoms with Gasteiger partial charge >= 0.3 is 5.97 Å². The Bertz CT molecular complexity index is 229. The minimum atomic E-state index is -0.189. The van der Waals surface area contributed by atoms with Gasteiger partial charge in [-0.15, -0.1) is 0 Å². The molecule has 0 atom stereocenters. The average Bonchev–Trinajstić information content (AvgIpc) is 2.35. The van der Waals surface area contributed by atoms with Crippen molar-refractivity contribution in [3.63, 3.8) is 0 Å². The molecule has 0 radical (unpaired) electrons. The van der Waals surface area contributed by atoms with Crippen molar-refractivity contribution in [3.05, 3.63) is 24.3 Å². The lowest BCUT2D eigenvalue weighted by atomic mass is 10.1. The van der Waals surface area contributed by atoms with Crippen molar-refractivity contribution in [2.24, 2.45) is 0 Å². The predicted octanol–water partition coefficient (Wildman–Crippen LogP) is 4.41. The lowest BCUT2D eigenvalue weighted by Crippen LogP contribution is -1.96. The molecular weight excluding hydrogens is 212 g/mol. The molecule has 0 saturated carbocycles. The van der Waals surface area contributed by atoms with Crippen LogP contribution in [0.25, 0.3) is 0 Å². The van der Waals surface area contributed by atoms with Crippen LogP contribution in [0.5, 0.6) is 0 Å². The summed E-state index contributed by atoms with van der Waals surface area (Å²) >= 11 is 0. The fourth-order valence-corrected chi connectivity index (χ4v) is 1.54. The Balaban J connectivity index is 3.27. The third-order valence-electron chi connectivity index (χ3n) is 2.62. The van der Waals surface area contributed by atoms with E-state index in [2.05, 4.69) is 17.7 Å². The molecule has 0 fully saturated rings. The fourth-order valence-electron chi connectivity index (χ4n) is 1.54. The van der Waals surface area contributed by atoms with E-state index in [-0.39, 0.29) is 5.97 Å². The molecule has 0 aliphatic carbocycles. The van der Waals surface area contributed by atoms with E-state index in [1.165, 1.54) is 45.6 Å². The topological polar surface area (TPSA) is 26.3 Å². The predicted molar refractivity (Wildman–Crippen MR) is 72.9 cm³/mol. The van der Waals surface area contributed by atoms with Crippen LogP contribution in [-0.4, -0.2) is 13.1 Å². The van der Waals surface area contributed by atoms with Crippen LogP contribution in [0.15, 0.2) is 24.3 Å². The number of methoxy groups -OCH3 is 1. The zero-order valence-corrected chi connectivity index (χ0v) is 11.3. The Morgan fingerprint density at radius 2 is 1.65 bits per heavy atom. The summed E-state index contributed by atoms with van der Waals surface area (Å²) in [4.78, 5) is 10.8. The highest BCUT2D eigenvalue weighted by Crippen LogP contribution is 2.07. The molecule has 2 heteroatoms. The molecule has 0 spiro atoms. The monoisotopic (exact) mass is 238 g/mol. The van der Waals surface area contributed by atoms with E-state index in [1.807, 2.05) is 18.2 Å². The van der Waals surface area contributed by atoms with E-state index in [4.69, 9.17) is 0 Å². The summed E-state index contributed by atoms with van der Waals surface area (Å²) in [5, 5.41) is 0. The Kier molecular flexibility index (Phi) is 12.2. The first kappa shape index (κ1) is 16.0. The van der Waals surface area contributed by atoms with Gasteiger partial charge in [0.15, 0.2) is 0 Å². The SMILES string of the molecule is CCCCCCCC/C=C/C=CCC(=O)OC. The summed E-state index contributed by atoms with van der Waals surface area (Å²) < 4.78 is 4.53. The minimum Gasteiger partial charge on any atom is -0.469 e. The summed E-state index contributed by atoms with van der Waals surface area (Å²) in [6.07, 6.45) is 17.4. The molecule has 0 aliphatic heterocycles. The standard InChI is InChI=1S/C15H26O2/c1-3-4-5-6-7-8-9-10-11-12-13-14-15(16)17-2/h10-13H,3-9,14H2,1-2H3/b11-10+,13-12?. The van der Waals surface area contributed by atoms with Gasteiger partial charge in [-0.2, -0.15) is 0 Å². The maximum Gasteiger partial charge on any atom is 0.309 e. The van der Waals surface area contributed by atoms with Crippen molar-refractivity contribution in [3.8, 4) is 0 Å². The molecule has 0 N–H and O–H groups in total. The maximum atomic E-state index is 10.8. The minimum absolute atomic E-state index is 0.189. The number of esters is 1. The van der Waals surface area contributed by atoms with Crippen LogP contribution in [0.1, 0.15) is 58.3 Å². The molecule has 0 aromatic rings.